The molecule has 0 aliphatic rings. The van der Waals surface area contributed by atoms with E-state index in [4.69, 9.17) is 5.26 Å². The second kappa shape index (κ2) is 6.17. The first kappa shape index (κ1) is 13.3. The van der Waals surface area contributed by atoms with E-state index in [9.17, 15) is 0 Å². The first-order chi connectivity index (χ1) is 9.19. The molecular formula is C15H18N4. The first-order valence-electron chi connectivity index (χ1n) is 6.39. The van der Waals surface area contributed by atoms with Gasteiger partial charge in [0.25, 0.3) is 0 Å². The molecule has 98 valence electrons. The molecule has 1 aromatic carbocycles. The van der Waals surface area contributed by atoms with Crippen molar-refractivity contribution in [2.75, 3.05) is 0 Å². The summed E-state index contributed by atoms with van der Waals surface area (Å²) in [6.07, 6.45) is 3.89. The van der Waals surface area contributed by atoms with E-state index in [0.29, 0.717) is 12.6 Å². The lowest BCUT2D eigenvalue weighted by molar-refractivity contribution is 0.450. The van der Waals surface area contributed by atoms with Gasteiger partial charge in [-0.2, -0.15) is 10.4 Å². The maximum atomic E-state index is 9.03. The molecule has 0 spiro atoms. The van der Waals surface area contributed by atoms with Gasteiger partial charge in [0.2, 0.25) is 0 Å². The molecule has 2 rings (SSSR count). The fraction of sp³-hybridized carbons (Fsp3) is 0.333. The van der Waals surface area contributed by atoms with Crippen molar-refractivity contribution in [2.24, 2.45) is 0 Å². The summed E-state index contributed by atoms with van der Waals surface area (Å²) in [5.74, 6) is 0. The van der Waals surface area contributed by atoms with Crippen molar-refractivity contribution in [2.45, 2.75) is 33.0 Å². The molecular weight excluding hydrogens is 236 g/mol. The van der Waals surface area contributed by atoms with Crippen LogP contribution < -0.4 is 5.32 Å². The molecule has 19 heavy (non-hydrogen) atoms. The standard InChI is InChI=1S/C15H18N4/c1-12-8-18-19(10-12)11-13(2)17-9-15-6-4-3-5-14(15)7-16/h3-6,8,10,13,17H,9,11H2,1-2H3/t13-/m0/s1. The van der Waals surface area contributed by atoms with Gasteiger partial charge in [-0.05, 0) is 31.0 Å². The van der Waals surface area contributed by atoms with Gasteiger partial charge in [-0.25, -0.2) is 0 Å². The third-order valence-electron chi connectivity index (χ3n) is 3.00. The van der Waals surface area contributed by atoms with Crippen LogP contribution in [-0.2, 0) is 13.1 Å². The van der Waals surface area contributed by atoms with E-state index in [-0.39, 0.29) is 0 Å². The maximum Gasteiger partial charge on any atom is 0.0995 e. The molecule has 4 nitrogen and oxygen atoms in total. The van der Waals surface area contributed by atoms with Gasteiger partial charge in [0, 0.05) is 18.8 Å². The molecule has 1 N–H and O–H groups in total. The summed E-state index contributed by atoms with van der Waals surface area (Å²) in [6.45, 7) is 5.67. The Kier molecular flexibility index (Phi) is 4.32. The molecule has 0 bridgehead atoms. The third-order valence-corrected chi connectivity index (χ3v) is 3.00. The summed E-state index contributed by atoms with van der Waals surface area (Å²) in [7, 11) is 0. The summed E-state index contributed by atoms with van der Waals surface area (Å²) in [5, 5.41) is 16.7. The Labute approximate surface area is 113 Å². The lowest BCUT2D eigenvalue weighted by atomic mass is 10.1. The quantitative estimate of drug-likeness (QED) is 0.890. The summed E-state index contributed by atoms with van der Waals surface area (Å²) in [4.78, 5) is 0. The number of rotatable bonds is 5. The number of hydrogen-bond donors (Lipinski definition) is 1. The summed E-state index contributed by atoms with van der Waals surface area (Å²) < 4.78 is 1.93. The zero-order valence-corrected chi connectivity index (χ0v) is 11.3. The number of nitrogens with one attached hydrogen (secondary N) is 1. The molecule has 0 aliphatic carbocycles. The molecule has 0 amide bonds. The van der Waals surface area contributed by atoms with Gasteiger partial charge in [-0.15, -0.1) is 0 Å². The van der Waals surface area contributed by atoms with Crippen LogP contribution in [0.5, 0.6) is 0 Å². The largest absolute Gasteiger partial charge is 0.308 e. The van der Waals surface area contributed by atoms with Crippen LogP contribution in [0.2, 0.25) is 0 Å². The van der Waals surface area contributed by atoms with Crippen molar-refractivity contribution in [3.63, 3.8) is 0 Å². The van der Waals surface area contributed by atoms with Crippen LogP contribution in [0.1, 0.15) is 23.6 Å². The number of benzene rings is 1. The maximum absolute atomic E-state index is 9.03. The number of aromatic nitrogens is 2. The third kappa shape index (κ3) is 3.67. The van der Waals surface area contributed by atoms with E-state index in [1.165, 1.54) is 5.56 Å². The Morgan fingerprint density at radius 2 is 2.21 bits per heavy atom. The molecule has 0 unspecified atom stereocenters. The number of nitriles is 1. The van der Waals surface area contributed by atoms with Crippen LogP contribution in [-0.4, -0.2) is 15.8 Å². The zero-order valence-electron chi connectivity index (χ0n) is 11.3. The van der Waals surface area contributed by atoms with Gasteiger partial charge in [0.05, 0.1) is 24.4 Å². The van der Waals surface area contributed by atoms with E-state index in [0.717, 1.165) is 17.7 Å². The highest BCUT2D eigenvalue weighted by Gasteiger charge is 2.05. The Bertz CT molecular complexity index is 580. The Morgan fingerprint density at radius 1 is 1.42 bits per heavy atom. The van der Waals surface area contributed by atoms with Crippen LogP contribution in [0.25, 0.3) is 0 Å². The summed E-state index contributed by atoms with van der Waals surface area (Å²) in [5.41, 5.74) is 2.94. The fourth-order valence-corrected chi connectivity index (χ4v) is 1.98. The molecule has 2 aromatic rings. The van der Waals surface area contributed by atoms with E-state index in [2.05, 4.69) is 23.4 Å². The molecule has 1 aromatic heterocycles. The molecule has 1 atom stereocenters. The lowest BCUT2D eigenvalue weighted by Gasteiger charge is -2.14. The van der Waals surface area contributed by atoms with Gasteiger partial charge in [0.15, 0.2) is 0 Å². The SMILES string of the molecule is Cc1cnn(C[C@H](C)NCc2ccccc2C#N)c1. The van der Waals surface area contributed by atoms with Crippen LogP contribution in [0.3, 0.4) is 0 Å². The predicted molar refractivity (Wildman–Crippen MR) is 74.4 cm³/mol. The minimum absolute atomic E-state index is 0.297. The second-order valence-electron chi connectivity index (χ2n) is 4.79. The minimum atomic E-state index is 0.297. The fourth-order valence-electron chi connectivity index (χ4n) is 1.98. The zero-order chi connectivity index (χ0) is 13.7. The van der Waals surface area contributed by atoms with Crippen LogP contribution >= 0.6 is 0 Å². The van der Waals surface area contributed by atoms with E-state index < -0.39 is 0 Å². The normalized spacial score (nSPS) is 12.1. The summed E-state index contributed by atoms with van der Waals surface area (Å²) >= 11 is 0. The van der Waals surface area contributed by atoms with E-state index in [1.54, 1.807) is 0 Å². The smallest absolute Gasteiger partial charge is 0.0995 e. The van der Waals surface area contributed by atoms with Gasteiger partial charge >= 0.3 is 0 Å². The Hall–Kier alpha value is -2.12. The average Bonchev–Trinajstić information content (AvgIpc) is 2.82. The summed E-state index contributed by atoms with van der Waals surface area (Å²) in [6, 6.07) is 10.2. The van der Waals surface area contributed by atoms with Gasteiger partial charge in [0.1, 0.15) is 0 Å². The molecule has 0 radical (unpaired) electrons. The Morgan fingerprint density at radius 3 is 2.89 bits per heavy atom. The number of hydrogen-bond acceptors (Lipinski definition) is 3. The van der Waals surface area contributed by atoms with Crippen molar-refractivity contribution in [3.05, 3.63) is 53.3 Å². The van der Waals surface area contributed by atoms with E-state index >= 15 is 0 Å². The predicted octanol–water partition coefficient (Wildman–Crippen LogP) is 2.24. The molecule has 1 heterocycles. The van der Waals surface area contributed by atoms with Gasteiger partial charge in [-0.3, -0.25) is 4.68 Å². The molecule has 4 heteroatoms. The van der Waals surface area contributed by atoms with Crippen molar-refractivity contribution < 1.29 is 0 Å². The average molecular weight is 254 g/mol. The van der Waals surface area contributed by atoms with Crippen molar-refractivity contribution in [1.29, 1.82) is 5.26 Å². The van der Waals surface area contributed by atoms with Gasteiger partial charge < -0.3 is 5.32 Å². The monoisotopic (exact) mass is 254 g/mol. The Balaban J connectivity index is 1.90. The van der Waals surface area contributed by atoms with Crippen LogP contribution in [0, 0.1) is 18.3 Å². The highest BCUT2D eigenvalue weighted by atomic mass is 15.3. The highest BCUT2D eigenvalue weighted by Crippen LogP contribution is 2.07. The number of nitrogens with zero attached hydrogens (tertiary/aromatic N) is 3. The second-order valence-corrected chi connectivity index (χ2v) is 4.79. The highest BCUT2D eigenvalue weighted by molar-refractivity contribution is 5.37. The van der Waals surface area contributed by atoms with E-state index in [1.807, 2.05) is 48.3 Å². The number of aryl methyl sites for hydroxylation is 1. The molecule has 0 saturated heterocycles. The topological polar surface area (TPSA) is 53.6 Å². The van der Waals surface area contributed by atoms with Gasteiger partial charge in [-0.1, -0.05) is 18.2 Å². The minimum Gasteiger partial charge on any atom is -0.308 e. The lowest BCUT2D eigenvalue weighted by Crippen LogP contribution is -2.30. The van der Waals surface area contributed by atoms with Crippen molar-refractivity contribution in [3.8, 4) is 6.07 Å². The molecule has 0 fully saturated rings. The van der Waals surface area contributed by atoms with Crippen molar-refractivity contribution >= 4 is 0 Å². The van der Waals surface area contributed by atoms with Crippen LogP contribution in [0.4, 0.5) is 0 Å². The molecule has 0 saturated carbocycles. The molecule has 0 aliphatic heterocycles. The van der Waals surface area contributed by atoms with Crippen LogP contribution in [0.15, 0.2) is 36.7 Å². The first-order valence-corrected chi connectivity index (χ1v) is 6.39. The van der Waals surface area contributed by atoms with Crippen molar-refractivity contribution in [1.82, 2.24) is 15.1 Å².